The van der Waals surface area contributed by atoms with E-state index in [1.165, 1.54) is 6.07 Å². The Morgan fingerprint density at radius 3 is 2.35 bits per heavy atom. The van der Waals surface area contributed by atoms with Crippen molar-refractivity contribution >= 4 is 46.2 Å². The van der Waals surface area contributed by atoms with Gasteiger partial charge in [0.1, 0.15) is 0 Å². The van der Waals surface area contributed by atoms with Crippen LogP contribution < -0.4 is 10.2 Å². The number of aromatic hydroxyl groups is 2. The summed E-state index contributed by atoms with van der Waals surface area (Å²) in [5.41, 5.74) is 5.76. The van der Waals surface area contributed by atoms with Crippen molar-refractivity contribution in [2.45, 2.75) is 13.0 Å². The van der Waals surface area contributed by atoms with Crippen LogP contribution in [-0.2, 0) is 0 Å². The van der Waals surface area contributed by atoms with Gasteiger partial charge in [-0.3, -0.25) is 0 Å². The predicted octanol–water partition coefficient (Wildman–Crippen LogP) is 7.04. The van der Waals surface area contributed by atoms with Gasteiger partial charge in [0.15, 0.2) is 29.0 Å². The molecular formula is C31H23ClN6O2. The fourth-order valence-corrected chi connectivity index (χ4v) is 5.37. The molecule has 8 nitrogen and oxygen atoms in total. The molecule has 5 aromatic rings. The summed E-state index contributed by atoms with van der Waals surface area (Å²) in [6.45, 7) is 1.96. The molecule has 0 amide bonds. The van der Waals surface area contributed by atoms with Crippen LogP contribution in [0, 0.1) is 6.92 Å². The van der Waals surface area contributed by atoms with Gasteiger partial charge in [0.25, 0.3) is 0 Å². The van der Waals surface area contributed by atoms with E-state index in [1.807, 2.05) is 96.5 Å². The maximum atomic E-state index is 10.5. The van der Waals surface area contributed by atoms with Gasteiger partial charge >= 0.3 is 0 Å². The Morgan fingerprint density at radius 1 is 0.825 bits per heavy atom. The molecule has 0 fully saturated rings. The number of nitrogens with zero attached hydrogens (tertiary/aromatic N) is 5. The standard InChI is InChI=1S/C31H23ClN6O2/c1-18-27-28(19-11-16-25(39)26(40)17-19)37-24-10-6-5-9-23(24)34-29(33-21-14-12-20(32)13-15-21)31(37)35-30(27)38(36-18)22-7-3-2-4-8-22/h2-17,28,39-40H,1H3,(H,33,34). The first-order chi connectivity index (χ1) is 19.5. The SMILES string of the molecule is Cc1nn(-c2ccccc2)c2c1C(c1ccc(O)c(O)c1)N1C(=N2)C(Nc2ccc(Cl)cc2)=Nc2ccccc21. The zero-order chi connectivity index (χ0) is 27.4. The third kappa shape index (κ3) is 3.88. The monoisotopic (exact) mass is 546 g/mol. The minimum absolute atomic E-state index is 0.184. The van der Waals surface area contributed by atoms with Crippen molar-refractivity contribution in [2.24, 2.45) is 9.98 Å². The second kappa shape index (κ2) is 9.29. The van der Waals surface area contributed by atoms with Crippen LogP contribution in [0.4, 0.5) is 22.9 Å². The van der Waals surface area contributed by atoms with Gasteiger partial charge in [0, 0.05) is 16.3 Å². The van der Waals surface area contributed by atoms with Crippen molar-refractivity contribution in [1.82, 2.24) is 9.78 Å². The van der Waals surface area contributed by atoms with Crippen LogP contribution in [0.15, 0.2) is 107 Å². The van der Waals surface area contributed by atoms with E-state index in [2.05, 4.69) is 10.2 Å². The highest BCUT2D eigenvalue weighted by molar-refractivity contribution is 6.51. The molecule has 2 aliphatic rings. The summed E-state index contributed by atoms with van der Waals surface area (Å²) >= 11 is 6.14. The van der Waals surface area contributed by atoms with Gasteiger partial charge in [0.2, 0.25) is 0 Å². The Hall–Kier alpha value is -5.08. The summed E-state index contributed by atoms with van der Waals surface area (Å²) < 4.78 is 1.84. The summed E-state index contributed by atoms with van der Waals surface area (Å²) in [7, 11) is 0. The number of aromatic nitrogens is 2. The van der Waals surface area contributed by atoms with E-state index < -0.39 is 6.04 Å². The molecule has 3 heterocycles. The lowest BCUT2D eigenvalue weighted by atomic mass is 9.93. The average molecular weight is 547 g/mol. The van der Waals surface area contributed by atoms with Gasteiger partial charge in [-0.2, -0.15) is 5.10 Å². The first-order valence-corrected chi connectivity index (χ1v) is 13.1. The molecule has 1 unspecified atom stereocenters. The fourth-order valence-electron chi connectivity index (χ4n) is 5.24. The highest BCUT2D eigenvalue weighted by Crippen LogP contribution is 2.49. The Bertz CT molecular complexity index is 1830. The van der Waals surface area contributed by atoms with Gasteiger partial charge in [-0.15, -0.1) is 0 Å². The quantitative estimate of drug-likeness (QED) is 0.211. The van der Waals surface area contributed by atoms with Crippen molar-refractivity contribution in [3.05, 3.63) is 119 Å². The molecule has 0 aliphatic carbocycles. The molecule has 40 heavy (non-hydrogen) atoms. The molecule has 4 aromatic carbocycles. The number of para-hydroxylation sites is 3. The number of rotatable bonds is 3. The van der Waals surface area contributed by atoms with Crippen molar-refractivity contribution in [2.75, 3.05) is 10.2 Å². The second-order valence-corrected chi connectivity index (χ2v) is 10.0. The molecule has 7 rings (SSSR count). The smallest absolute Gasteiger partial charge is 0.179 e. The second-order valence-electron chi connectivity index (χ2n) is 9.61. The Balaban J connectivity index is 1.50. The van der Waals surface area contributed by atoms with Crippen LogP contribution in [0.25, 0.3) is 5.69 Å². The summed E-state index contributed by atoms with van der Waals surface area (Å²) in [4.78, 5) is 12.3. The number of nitrogens with one attached hydrogen (secondary N) is 1. The Morgan fingerprint density at radius 2 is 1.57 bits per heavy atom. The average Bonchev–Trinajstić information content (AvgIpc) is 3.31. The lowest BCUT2D eigenvalue weighted by Gasteiger charge is -2.40. The molecule has 3 N–H and O–H groups in total. The van der Waals surface area contributed by atoms with Crippen LogP contribution in [0.1, 0.15) is 22.9 Å². The van der Waals surface area contributed by atoms with Crippen molar-refractivity contribution < 1.29 is 10.2 Å². The largest absolute Gasteiger partial charge is 0.504 e. The van der Waals surface area contributed by atoms with Crippen LogP contribution in [-0.4, -0.2) is 31.7 Å². The minimum Gasteiger partial charge on any atom is -0.504 e. The number of phenolic OH excluding ortho intramolecular Hbond substituents is 2. The maximum Gasteiger partial charge on any atom is 0.179 e. The third-order valence-corrected chi connectivity index (χ3v) is 7.31. The number of fused-ring (bicyclic) bond motifs is 4. The van der Waals surface area contributed by atoms with E-state index >= 15 is 0 Å². The summed E-state index contributed by atoms with van der Waals surface area (Å²) in [6, 6.07) is 29.6. The maximum absolute atomic E-state index is 10.5. The van der Waals surface area contributed by atoms with E-state index in [0.29, 0.717) is 22.5 Å². The fraction of sp³-hybridized carbons (Fsp3) is 0.0645. The molecule has 2 aliphatic heterocycles. The van der Waals surface area contributed by atoms with Gasteiger partial charge in [-0.1, -0.05) is 48.0 Å². The molecule has 1 atom stereocenters. The van der Waals surface area contributed by atoms with E-state index in [-0.39, 0.29) is 11.5 Å². The number of anilines is 2. The highest BCUT2D eigenvalue weighted by Gasteiger charge is 2.41. The molecule has 0 spiro atoms. The number of aliphatic imine (C=N–C) groups is 2. The van der Waals surface area contributed by atoms with Gasteiger partial charge < -0.3 is 20.4 Å². The number of hydrogen-bond donors (Lipinski definition) is 3. The lowest BCUT2D eigenvalue weighted by molar-refractivity contribution is 0.403. The molecule has 196 valence electrons. The first kappa shape index (κ1) is 24.0. The highest BCUT2D eigenvalue weighted by atomic mass is 35.5. The molecule has 1 aromatic heterocycles. The minimum atomic E-state index is -0.426. The van der Waals surface area contributed by atoms with Crippen molar-refractivity contribution in [3.63, 3.8) is 0 Å². The van der Waals surface area contributed by atoms with Gasteiger partial charge in [-0.05, 0) is 73.2 Å². The molecule has 0 saturated carbocycles. The summed E-state index contributed by atoms with van der Waals surface area (Å²) in [5, 5.41) is 29.6. The van der Waals surface area contributed by atoms with Crippen molar-refractivity contribution in [3.8, 4) is 17.2 Å². The number of benzene rings is 4. The van der Waals surface area contributed by atoms with Crippen LogP contribution in [0.2, 0.25) is 5.02 Å². The number of halogens is 1. The third-order valence-electron chi connectivity index (χ3n) is 7.06. The number of hydrogen-bond acceptors (Lipinski definition) is 7. The molecule has 0 radical (unpaired) electrons. The Labute approximate surface area is 235 Å². The number of phenols is 2. The number of amidine groups is 2. The summed E-state index contributed by atoms with van der Waals surface area (Å²) in [5.74, 6) is 1.43. The van der Waals surface area contributed by atoms with E-state index in [9.17, 15) is 10.2 Å². The first-order valence-electron chi connectivity index (χ1n) is 12.7. The molecule has 9 heteroatoms. The predicted molar refractivity (Wildman–Crippen MR) is 158 cm³/mol. The number of aryl methyl sites for hydroxylation is 1. The Kier molecular flexibility index (Phi) is 5.57. The van der Waals surface area contributed by atoms with Crippen LogP contribution >= 0.6 is 11.6 Å². The normalized spacial score (nSPS) is 15.4. The topological polar surface area (TPSA) is 98.3 Å². The molecular weight excluding hydrogens is 524 g/mol. The van der Waals surface area contributed by atoms with E-state index in [4.69, 9.17) is 26.7 Å². The summed E-state index contributed by atoms with van der Waals surface area (Å²) in [6.07, 6.45) is 0. The zero-order valence-electron chi connectivity index (χ0n) is 21.3. The molecule has 0 bridgehead atoms. The van der Waals surface area contributed by atoms with Gasteiger partial charge in [0.05, 0.1) is 28.8 Å². The van der Waals surface area contributed by atoms with E-state index in [1.54, 1.807) is 6.07 Å². The van der Waals surface area contributed by atoms with E-state index in [0.717, 1.165) is 39.6 Å². The zero-order valence-corrected chi connectivity index (χ0v) is 22.1. The molecule has 0 saturated heterocycles. The van der Waals surface area contributed by atoms with Crippen LogP contribution in [0.3, 0.4) is 0 Å². The van der Waals surface area contributed by atoms with Crippen LogP contribution in [0.5, 0.6) is 11.5 Å². The lowest BCUT2D eigenvalue weighted by Crippen LogP contribution is -2.46. The van der Waals surface area contributed by atoms with Crippen molar-refractivity contribution in [1.29, 1.82) is 0 Å². The van der Waals surface area contributed by atoms with Gasteiger partial charge in [-0.25, -0.2) is 14.7 Å².